The van der Waals surface area contributed by atoms with E-state index in [4.69, 9.17) is 0 Å². The second-order valence-electron chi connectivity index (χ2n) is 4.46. The van der Waals surface area contributed by atoms with E-state index in [9.17, 15) is 9.00 Å². The van der Waals surface area contributed by atoms with Crippen LogP contribution in [0.15, 0.2) is 40.6 Å². The zero-order chi connectivity index (χ0) is 15.4. The molecule has 0 bridgehead atoms. The van der Waals surface area contributed by atoms with E-state index in [1.807, 2.05) is 39.0 Å². The number of nitrogens with zero attached hydrogens (tertiary/aromatic N) is 4. The molecule has 0 fully saturated rings. The van der Waals surface area contributed by atoms with Gasteiger partial charge in [0.25, 0.3) is 0 Å². The maximum absolute atomic E-state index is 12.5. The first-order valence-corrected chi connectivity index (χ1v) is 7.91. The van der Waals surface area contributed by atoms with Crippen LogP contribution >= 0.6 is 0 Å². The summed E-state index contributed by atoms with van der Waals surface area (Å²) in [6.45, 7) is 6.84. The predicted molar refractivity (Wildman–Crippen MR) is 79.6 cm³/mol. The van der Waals surface area contributed by atoms with E-state index in [1.54, 1.807) is 11.0 Å². The monoisotopic (exact) mass is 306 g/mol. The fraction of sp³-hybridized carbons (Fsp3) is 0.357. The first-order chi connectivity index (χ1) is 10.1. The molecular weight excluding hydrogens is 288 g/mol. The minimum atomic E-state index is -1.48. The van der Waals surface area contributed by atoms with Gasteiger partial charge in [0, 0.05) is 18.0 Å². The van der Waals surface area contributed by atoms with Crippen LogP contribution < -0.4 is 0 Å². The van der Waals surface area contributed by atoms with Crippen molar-refractivity contribution < 1.29 is 9.00 Å². The summed E-state index contributed by atoms with van der Waals surface area (Å²) in [5.41, 5.74) is 0.905. The summed E-state index contributed by atoms with van der Waals surface area (Å²) in [5, 5.41) is 4.20. The summed E-state index contributed by atoms with van der Waals surface area (Å²) in [6, 6.07) is 7.09. The van der Waals surface area contributed by atoms with Gasteiger partial charge in [-0.05, 0) is 32.4 Å². The van der Waals surface area contributed by atoms with Crippen molar-refractivity contribution in [2.45, 2.75) is 30.8 Å². The second kappa shape index (κ2) is 6.62. The van der Waals surface area contributed by atoms with Gasteiger partial charge in [-0.25, -0.2) is 14.0 Å². The average molecular weight is 306 g/mol. The van der Waals surface area contributed by atoms with E-state index in [-0.39, 0.29) is 11.2 Å². The third-order valence-corrected chi connectivity index (χ3v) is 4.54. The second-order valence-corrected chi connectivity index (χ2v) is 5.80. The quantitative estimate of drug-likeness (QED) is 0.867. The molecule has 112 valence electrons. The van der Waals surface area contributed by atoms with Gasteiger partial charge in [-0.3, -0.25) is 0 Å². The summed E-state index contributed by atoms with van der Waals surface area (Å²) < 4.78 is 13.6. The number of amides is 1. The molecule has 1 amide bonds. The van der Waals surface area contributed by atoms with Crippen LogP contribution in [0.5, 0.6) is 0 Å². The molecule has 2 rings (SSSR count). The van der Waals surface area contributed by atoms with Crippen molar-refractivity contribution in [2.24, 2.45) is 0 Å². The van der Waals surface area contributed by atoms with E-state index in [0.717, 1.165) is 10.2 Å². The van der Waals surface area contributed by atoms with E-state index in [0.29, 0.717) is 18.0 Å². The Labute approximate surface area is 126 Å². The van der Waals surface area contributed by atoms with Crippen molar-refractivity contribution in [1.29, 1.82) is 0 Å². The topological polar surface area (TPSA) is 68.1 Å². The van der Waals surface area contributed by atoms with Crippen LogP contribution in [0.4, 0.5) is 4.79 Å². The Hall–Kier alpha value is -2.02. The molecule has 0 aliphatic carbocycles. The van der Waals surface area contributed by atoms with Crippen molar-refractivity contribution in [1.82, 2.24) is 19.7 Å². The van der Waals surface area contributed by atoms with Gasteiger partial charge in [-0.15, -0.1) is 5.10 Å². The summed E-state index contributed by atoms with van der Waals surface area (Å²) in [5.74, 6) is 0. The molecule has 1 aromatic carbocycles. The summed E-state index contributed by atoms with van der Waals surface area (Å²) >= 11 is 0. The zero-order valence-electron chi connectivity index (χ0n) is 12.3. The predicted octanol–water partition coefficient (Wildman–Crippen LogP) is 2.06. The largest absolute Gasteiger partial charge is 0.346 e. The third kappa shape index (κ3) is 3.18. The third-order valence-electron chi connectivity index (χ3n) is 3.16. The summed E-state index contributed by atoms with van der Waals surface area (Å²) in [6.07, 6.45) is 1.31. The van der Waals surface area contributed by atoms with E-state index in [2.05, 4.69) is 10.1 Å². The van der Waals surface area contributed by atoms with Crippen molar-refractivity contribution in [3.8, 4) is 0 Å². The number of carbonyl (C=O) groups is 1. The van der Waals surface area contributed by atoms with Gasteiger partial charge in [0.2, 0.25) is 5.16 Å². The number of aromatic nitrogens is 3. The lowest BCUT2D eigenvalue weighted by molar-refractivity contribution is 0.201. The lowest BCUT2D eigenvalue weighted by Gasteiger charge is -2.17. The number of rotatable bonds is 4. The molecule has 1 atom stereocenters. The molecule has 0 saturated heterocycles. The Morgan fingerprint density at radius 3 is 2.57 bits per heavy atom. The fourth-order valence-electron chi connectivity index (χ4n) is 1.93. The zero-order valence-corrected chi connectivity index (χ0v) is 13.1. The number of hydrogen-bond donors (Lipinski definition) is 0. The highest BCUT2D eigenvalue weighted by Gasteiger charge is 2.18. The van der Waals surface area contributed by atoms with Gasteiger partial charge < -0.3 is 4.90 Å². The standard InChI is InChI=1S/C14H18N4O2S/c1-4-17(5-2)14(19)18-10-15-13(16-18)21(20)12-9-7-6-8-11(12)3/h6-10H,4-5H2,1-3H3. The van der Waals surface area contributed by atoms with Crippen molar-refractivity contribution in [2.75, 3.05) is 13.1 Å². The van der Waals surface area contributed by atoms with Crippen molar-refractivity contribution >= 4 is 16.8 Å². The number of hydrogen-bond acceptors (Lipinski definition) is 4. The normalized spacial score (nSPS) is 12.1. The molecule has 0 spiro atoms. The van der Waals surface area contributed by atoms with Crippen LogP contribution in [0, 0.1) is 6.92 Å². The molecule has 0 saturated carbocycles. The molecule has 7 heteroatoms. The van der Waals surface area contributed by atoms with Gasteiger partial charge in [-0.1, -0.05) is 18.2 Å². The van der Waals surface area contributed by atoms with Crippen LogP contribution in [0.25, 0.3) is 0 Å². The van der Waals surface area contributed by atoms with Gasteiger partial charge in [-0.2, -0.15) is 4.68 Å². The highest BCUT2D eigenvalue weighted by Crippen LogP contribution is 2.16. The Bertz CT molecular complexity index is 664. The Kier molecular flexibility index (Phi) is 4.85. The van der Waals surface area contributed by atoms with Gasteiger partial charge in [0.05, 0.1) is 0 Å². The highest BCUT2D eigenvalue weighted by molar-refractivity contribution is 7.85. The Morgan fingerprint density at radius 1 is 1.29 bits per heavy atom. The van der Waals surface area contributed by atoms with Crippen LogP contribution in [0.2, 0.25) is 0 Å². The molecule has 6 nitrogen and oxygen atoms in total. The molecule has 0 radical (unpaired) electrons. The molecule has 21 heavy (non-hydrogen) atoms. The first kappa shape index (κ1) is 15.4. The van der Waals surface area contributed by atoms with Crippen molar-refractivity contribution in [3.05, 3.63) is 36.2 Å². The van der Waals surface area contributed by atoms with Crippen molar-refractivity contribution in [3.63, 3.8) is 0 Å². The van der Waals surface area contributed by atoms with Gasteiger partial charge in [0.1, 0.15) is 17.1 Å². The maximum atomic E-state index is 12.5. The molecule has 0 N–H and O–H groups in total. The average Bonchev–Trinajstić information content (AvgIpc) is 2.98. The molecule has 0 aliphatic heterocycles. The van der Waals surface area contributed by atoms with Crippen LogP contribution in [-0.2, 0) is 10.8 Å². The van der Waals surface area contributed by atoms with Crippen LogP contribution in [0.3, 0.4) is 0 Å². The Morgan fingerprint density at radius 2 is 1.95 bits per heavy atom. The van der Waals surface area contributed by atoms with Gasteiger partial charge in [0.15, 0.2) is 0 Å². The SMILES string of the molecule is CCN(CC)C(=O)n1cnc(S(=O)c2ccccc2C)n1. The molecule has 0 aliphatic rings. The highest BCUT2D eigenvalue weighted by atomic mass is 32.2. The summed E-state index contributed by atoms with van der Waals surface area (Å²) in [4.78, 5) is 18.4. The van der Waals surface area contributed by atoms with E-state index in [1.165, 1.54) is 6.33 Å². The molecule has 1 heterocycles. The lowest BCUT2D eigenvalue weighted by Crippen LogP contribution is -2.34. The van der Waals surface area contributed by atoms with Crippen LogP contribution in [0.1, 0.15) is 19.4 Å². The molecular formula is C14H18N4O2S. The van der Waals surface area contributed by atoms with Crippen LogP contribution in [-0.4, -0.2) is 43.0 Å². The molecule has 2 aromatic rings. The lowest BCUT2D eigenvalue weighted by atomic mass is 10.2. The maximum Gasteiger partial charge on any atom is 0.346 e. The van der Waals surface area contributed by atoms with Gasteiger partial charge >= 0.3 is 6.03 Å². The first-order valence-electron chi connectivity index (χ1n) is 6.76. The molecule has 1 aromatic heterocycles. The fourth-order valence-corrected chi connectivity index (χ4v) is 2.99. The Balaban J connectivity index is 2.26. The number of carbonyl (C=O) groups excluding carboxylic acids is 1. The minimum Gasteiger partial charge on any atom is -0.323 e. The van der Waals surface area contributed by atoms with E-state index >= 15 is 0 Å². The van der Waals surface area contributed by atoms with E-state index < -0.39 is 10.8 Å². The molecule has 1 unspecified atom stereocenters. The number of aryl methyl sites for hydroxylation is 1. The smallest absolute Gasteiger partial charge is 0.323 e. The minimum absolute atomic E-state index is 0.143. The number of benzene rings is 1. The summed E-state index contributed by atoms with van der Waals surface area (Å²) in [7, 11) is -1.48.